The summed E-state index contributed by atoms with van der Waals surface area (Å²) in [5.41, 5.74) is 2.20. The largest absolute Gasteiger partial charge is 0.273 e. The van der Waals surface area contributed by atoms with Gasteiger partial charge in [0.05, 0.1) is 0 Å². The van der Waals surface area contributed by atoms with Crippen LogP contribution in [0.4, 0.5) is 13.2 Å². The average Bonchev–Trinajstić information content (AvgIpc) is 2.72. The molecule has 28 heavy (non-hydrogen) atoms. The second kappa shape index (κ2) is 9.15. The van der Waals surface area contributed by atoms with Crippen molar-refractivity contribution in [1.82, 2.24) is 0 Å². The Morgan fingerprint density at radius 3 is 2.18 bits per heavy atom. The molecule has 3 heteroatoms. The summed E-state index contributed by atoms with van der Waals surface area (Å²) in [6.07, 6.45) is 7.00. The minimum absolute atomic E-state index is 0.00872. The lowest BCUT2D eigenvalue weighted by molar-refractivity contribution is -0.0154. The van der Waals surface area contributed by atoms with Gasteiger partial charge in [-0.15, -0.1) is 0 Å². The highest BCUT2D eigenvalue weighted by molar-refractivity contribution is 5.65. The zero-order valence-electron chi connectivity index (χ0n) is 17.0. The maximum absolute atomic E-state index is 14.8. The van der Waals surface area contributed by atoms with E-state index in [1.54, 1.807) is 24.3 Å². The first-order valence-corrected chi connectivity index (χ1v) is 10.7. The van der Waals surface area contributed by atoms with Crippen LogP contribution in [0.2, 0.25) is 0 Å². The van der Waals surface area contributed by atoms with E-state index in [0.29, 0.717) is 23.5 Å². The van der Waals surface area contributed by atoms with Crippen LogP contribution in [0.25, 0.3) is 11.1 Å². The minimum Gasteiger partial charge on any atom is -0.206 e. The van der Waals surface area contributed by atoms with E-state index in [9.17, 15) is 13.2 Å². The molecule has 0 unspecified atom stereocenters. The van der Waals surface area contributed by atoms with Crippen molar-refractivity contribution in [3.05, 3.63) is 59.4 Å². The SMILES string of the molecule is CCCCC(F)(F)c1ccc(-c2ccc(C3CCC(CC)CC3)cc2F)cc1. The molecule has 0 heterocycles. The summed E-state index contributed by atoms with van der Waals surface area (Å²) in [6.45, 7) is 4.14. The van der Waals surface area contributed by atoms with Crippen molar-refractivity contribution in [3.63, 3.8) is 0 Å². The Balaban J connectivity index is 1.74. The summed E-state index contributed by atoms with van der Waals surface area (Å²) in [4.78, 5) is 0. The average molecular weight is 389 g/mol. The van der Waals surface area contributed by atoms with Gasteiger partial charge in [-0.3, -0.25) is 0 Å². The van der Waals surface area contributed by atoms with Gasteiger partial charge in [0.25, 0.3) is 5.92 Å². The molecule has 0 bridgehead atoms. The van der Waals surface area contributed by atoms with E-state index in [2.05, 4.69) is 6.92 Å². The van der Waals surface area contributed by atoms with Gasteiger partial charge in [0.2, 0.25) is 0 Å². The molecule has 1 saturated carbocycles. The molecule has 0 amide bonds. The Bertz CT molecular complexity index is 756. The lowest BCUT2D eigenvalue weighted by Crippen LogP contribution is -2.13. The van der Waals surface area contributed by atoms with Gasteiger partial charge in [-0.1, -0.05) is 63.1 Å². The van der Waals surface area contributed by atoms with E-state index >= 15 is 0 Å². The number of benzene rings is 2. The number of alkyl halides is 2. The first-order valence-electron chi connectivity index (χ1n) is 10.7. The quantitative estimate of drug-likeness (QED) is 0.446. The highest BCUT2D eigenvalue weighted by Crippen LogP contribution is 2.39. The predicted molar refractivity (Wildman–Crippen MR) is 110 cm³/mol. The molecular weight excluding hydrogens is 357 g/mol. The van der Waals surface area contributed by atoms with Gasteiger partial charge in [-0.2, -0.15) is 0 Å². The third-order valence-corrected chi connectivity index (χ3v) is 6.35. The van der Waals surface area contributed by atoms with Gasteiger partial charge >= 0.3 is 0 Å². The molecule has 0 aliphatic heterocycles. The lowest BCUT2D eigenvalue weighted by atomic mass is 9.77. The van der Waals surface area contributed by atoms with Crippen molar-refractivity contribution in [2.24, 2.45) is 5.92 Å². The molecule has 0 aromatic heterocycles. The normalized spacial score (nSPS) is 20.3. The van der Waals surface area contributed by atoms with Gasteiger partial charge in [-0.05, 0) is 61.1 Å². The van der Waals surface area contributed by atoms with Crippen LogP contribution in [-0.2, 0) is 5.92 Å². The molecule has 0 atom stereocenters. The summed E-state index contributed by atoms with van der Waals surface area (Å²) < 4.78 is 43.2. The maximum atomic E-state index is 14.8. The molecule has 0 nitrogen and oxygen atoms in total. The molecule has 0 N–H and O–H groups in total. The molecule has 1 fully saturated rings. The van der Waals surface area contributed by atoms with Crippen molar-refractivity contribution in [2.75, 3.05) is 0 Å². The molecule has 1 aliphatic carbocycles. The van der Waals surface area contributed by atoms with E-state index in [-0.39, 0.29) is 17.8 Å². The van der Waals surface area contributed by atoms with Crippen LogP contribution in [0.15, 0.2) is 42.5 Å². The highest BCUT2D eigenvalue weighted by atomic mass is 19.3. The summed E-state index contributed by atoms with van der Waals surface area (Å²) in [5, 5.41) is 0. The molecule has 2 aromatic carbocycles. The first-order chi connectivity index (χ1) is 13.4. The Kier molecular flexibility index (Phi) is 6.85. The topological polar surface area (TPSA) is 0 Å². The van der Waals surface area contributed by atoms with E-state index in [4.69, 9.17) is 0 Å². The van der Waals surface area contributed by atoms with Crippen molar-refractivity contribution in [3.8, 4) is 11.1 Å². The highest BCUT2D eigenvalue weighted by Gasteiger charge is 2.30. The van der Waals surface area contributed by atoms with Crippen molar-refractivity contribution >= 4 is 0 Å². The Labute approximate surface area is 167 Å². The number of hydrogen-bond acceptors (Lipinski definition) is 0. The number of halogens is 3. The monoisotopic (exact) mass is 388 g/mol. The summed E-state index contributed by atoms with van der Waals surface area (Å²) >= 11 is 0. The van der Waals surface area contributed by atoms with Gasteiger partial charge < -0.3 is 0 Å². The van der Waals surface area contributed by atoms with Crippen LogP contribution in [0.3, 0.4) is 0 Å². The van der Waals surface area contributed by atoms with Gasteiger partial charge in [0.15, 0.2) is 0 Å². The number of unbranched alkanes of at least 4 members (excludes halogenated alkanes) is 1. The molecule has 1 aliphatic rings. The fourth-order valence-electron chi connectivity index (χ4n) is 4.36. The fraction of sp³-hybridized carbons (Fsp3) is 0.520. The van der Waals surface area contributed by atoms with Crippen LogP contribution in [0.5, 0.6) is 0 Å². The summed E-state index contributed by atoms with van der Waals surface area (Å²) in [5.74, 6) is -1.84. The molecule has 2 aromatic rings. The zero-order chi connectivity index (χ0) is 20.1. The van der Waals surface area contributed by atoms with Gasteiger partial charge in [0.1, 0.15) is 5.82 Å². The summed E-state index contributed by atoms with van der Waals surface area (Å²) in [6, 6.07) is 11.6. The van der Waals surface area contributed by atoms with Crippen molar-refractivity contribution < 1.29 is 13.2 Å². The first kappa shape index (κ1) is 21.0. The smallest absolute Gasteiger partial charge is 0.206 e. The van der Waals surface area contributed by atoms with Gasteiger partial charge in [-0.25, -0.2) is 13.2 Å². The molecule has 0 spiro atoms. The van der Waals surface area contributed by atoms with Crippen LogP contribution < -0.4 is 0 Å². The maximum Gasteiger partial charge on any atom is 0.273 e. The van der Waals surface area contributed by atoms with E-state index in [0.717, 1.165) is 30.7 Å². The number of rotatable bonds is 7. The van der Waals surface area contributed by atoms with Gasteiger partial charge in [0, 0.05) is 17.5 Å². The third kappa shape index (κ3) is 4.79. The number of hydrogen-bond donors (Lipinski definition) is 0. The summed E-state index contributed by atoms with van der Waals surface area (Å²) in [7, 11) is 0. The van der Waals surface area contributed by atoms with E-state index < -0.39 is 5.92 Å². The molecule has 152 valence electrons. The second-order valence-corrected chi connectivity index (χ2v) is 8.25. The van der Waals surface area contributed by atoms with Crippen molar-refractivity contribution in [1.29, 1.82) is 0 Å². The third-order valence-electron chi connectivity index (χ3n) is 6.35. The van der Waals surface area contributed by atoms with Crippen LogP contribution in [0, 0.1) is 11.7 Å². The second-order valence-electron chi connectivity index (χ2n) is 8.25. The Hall–Kier alpha value is -1.77. The minimum atomic E-state index is -2.83. The van der Waals surface area contributed by atoms with Crippen molar-refractivity contribution in [2.45, 2.75) is 77.1 Å². The van der Waals surface area contributed by atoms with Crippen LogP contribution in [0.1, 0.15) is 82.3 Å². The van der Waals surface area contributed by atoms with Crippen LogP contribution in [-0.4, -0.2) is 0 Å². The van der Waals surface area contributed by atoms with E-state index in [1.165, 1.54) is 31.4 Å². The van der Waals surface area contributed by atoms with Crippen LogP contribution >= 0.6 is 0 Å². The Morgan fingerprint density at radius 1 is 0.929 bits per heavy atom. The van der Waals surface area contributed by atoms with E-state index in [1.807, 2.05) is 13.0 Å². The molecule has 3 rings (SSSR count). The molecule has 0 saturated heterocycles. The Morgan fingerprint density at radius 2 is 1.61 bits per heavy atom. The lowest BCUT2D eigenvalue weighted by Gasteiger charge is -2.28. The standard InChI is InChI=1S/C25H31F3/c1-3-5-16-25(27,28)22-13-10-20(11-14-22)23-15-12-21(17-24(23)26)19-8-6-18(4-2)7-9-19/h10-15,17-19H,3-9,16H2,1-2H3. The zero-order valence-corrected chi connectivity index (χ0v) is 17.0. The fourth-order valence-corrected chi connectivity index (χ4v) is 4.36. The molecular formula is C25H31F3. The predicted octanol–water partition coefficient (Wildman–Crippen LogP) is 8.46. The molecule has 0 radical (unpaired) electrons.